The van der Waals surface area contributed by atoms with Crippen LogP contribution in [0.4, 0.5) is 0 Å². The largest absolute Gasteiger partial charge is 0.385 e. The Balaban J connectivity index is 3.01. The van der Waals surface area contributed by atoms with Crippen molar-refractivity contribution in [3.8, 4) is 0 Å². The van der Waals surface area contributed by atoms with E-state index < -0.39 is 10.0 Å². The number of nitrogens with two attached hydrogens (primary N) is 1. The first-order valence-corrected chi connectivity index (χ1v) is 8.21. The summed E-state index contributed by atoms with van der Waals surface area (Å²) in [6.45, 7) is 2.54. The molecule has 0 aliphatic heterocycles. The minimum Gasteiger partial charge on any atom is -0.385 e. The van der Waals surface area contributed by atoms with Gasteiger partial charge in [0.1, 0.15) is 0 Å². The predicted octanol–water partition coefficient (Wildman–Crippen LogP) is 1.17. The molecular formula is C12H17BrN2O4S. The van der Waals surface area contributed by atoms with Gasteiger partial charge in [-0.2, -0.15) is 0 Å². The molecule has 0 saturated carbocycles. The van der Waals surface area contributed by atoms with E-state index in [0.717, 1.165) is 0 Å². The first-order valence-electron chi connectivity index (χ1n) is 5.87. The van der Waals surface area contributed by atoms with Crippen LogP contribution in [0.15, 0.2) is 21.5 Å². The number of hydrogen-bond donors (Lipinski definition) is 2. The second-order valence-electron chi connectivity index (χ2n) is 4.22. The summed E-state index contributed by atoms with van der Waals surface area (Å²) in [7, 11) is -2.29. The van der Waals surface area contributed by atoms with Crippen LogP contribution in [0, 0.1) is 6.92 Å². The lowest BCUT2D eigenvalue weighted by Crippen LogP contribution is -2.27. The summed E-state index contributed by atoms with van der Waals surface area (Å²) in [4.78, 5) is 12.0. The zero-order chi connectivity index (χ0) is 15.3. The lowest BCUT2D eigenvalue weighted by molar-refractivity contribution is 0.0947. The zero-order valence-electron chi connectivity index (χ0n) is 11.3. The molecule has 112 valence electrons. The van der Waals surface area contributed by atoms with E-state index >= 15 is 0 Å². The summed E-state index contributed by atoms with van der Waals surface area (Å²) < 4.78 is 28.3. The van der Waals surface area contributed by atoms with Gasteiger partial charge in [-0.1, -0.05) is 15.9 Å². The van der Waals surface area contributed by atoms with E-state index in [0.29, 0.717) is 29.6 Å². The van der Waals surface area contributed by atoms with Gasteiger partial charge < -0.3 is 10.1 Å². The Morgan fingerprint density at radius 1 is 1.45 bits per heavy atom. The van der Waals surface area contributed by atoms with Crippen molar-refractivity contribution in [2.24, 2.45) is 5.14 Å². The third kappa shape index (κ3) is 4.55. The van der Waals surface area contributed by atoms with Crippen molar-refractivity contribution in [2.75, 3.05) is 20.3 Å². The topological polar surface area (TPSA) is 98.5 Å². The van der Waals surface area contributed by atoms with Gasteiger partial charge in [-0.15, -0.1) is 0 Å². The van der Waals surface area contributed by atoms with Gasteiger partial charge in [0.15, 0.2) is 0 Å². The van der Waals surface area contributed by atoms with Crippen molar-refractivity contribution in [1.82, 2.24) is 5.32 Å². The van der Waals surface area contributed by atoms with E-state index in [1.54, 1.807) is 20.1 Å². The smallest absolute Gasteiger partial charge is 0.251 e. The maximum Gasteiger partial charge on any atom is 0.251 e. The number of hydrogen-bond acceptors (Lipinski definition) is 4. The fourth-order valence-electron chi connectivity index (χ4n) is 1.70. The number of methoxy groups -OCH3 is 1. The molecule has 0 aromatic heterocycles. The van der Waals surface area contributed by atoms with Crippen molar-refractivity contribution in [3.63, 3.8) is 0 Å². The van der Waals surface area contributed by atoms with Crippen molar-refractivity contribution >= 4 is 31.9 Å². The molecule has 0 aliphatic carbocycles. The highest BCUT2D eigenvalue weighted by molar-refractivity contribution is 9.10. The number of primary sulfonamides is 1. The van der Waals surface area contributed by atoms with Gasteiger partial charge in [0.2, 0.25) is 10.0 Å². The third-order valence-corrected chi connectivity index (χ3v) is 4.18. The summed E-state index contributed by atoms with van der Waals surface area (Å²) in [6, 6.07) is 2.95. The highest BCUT2D eigenvalue weighted by Gasteiger charge is 2.19. The first kappa shape index (κ1) is 17.1. The molecule has 3 N–H and O–H groups in total. The fraction of sp³-hybridized carbons (Fsp3) is 0.417. The Morgan fingerprint density at radius 3 is 2.65 bits per heavy atom. The Morgan fingerprint density at radius 2 is 2.10 bits per heavy atom. The summed E-state index contributed by atoms with van der Waals surface area (Å²) in [5.74, 6) is -0.343. The highest BCUT2D eigenvalue weighted by atomic mass is 79.9. The van der Waals surface area contributed by atoms with Crippen LogP contribution >= 0.6 is 15.9 Å². The molecule has 0 fully saturated rings. The van der Waals surface area contributed by atoms with Gasteiger partial charge in [-0.05, 0) is 31.0 Å². The average molecular weight is 365 g/mol. The lowest BCUT2D eigenvalue weighted by atomic mass is 10.1. The number of ether oxygens (including phenoxy) is 1. The van der Waals surface area contributed by atoms with E-state index in [9.17, 15) is 13.2 Å². The Labute approximate surface area is 126 Å². The molecule has 1 amide bonds. The molecule has 20 heavy (non-hydrogen) atoms. The summed E-state index contributed by atoms with van der Waals surface area (Å²) in [6.07, 6.45) is 0.678. The molecule has 0 spiro atoms. The number of amides is 1. The van der Waals surface area contributed by atoms with E-state index in [-0.39, 0.29) is 16.4 Å². The number of benzene rings is 1. The second kappa shape index (κ2) is 7.16. The zero-order valence-corrected chi connectivity index (χ0v) is 13.7. The number of carbonyl (C=O) groups is 1. The van der Waals surface area contributed by atoms with Crippen LogP contribution < -0.4 is 10.5 Å². The number of carbonyl (C=O) groups excluding carboxylic acids is 1. The number of nitrogens with one attached hydrogen (secondary N) is 1. The van der Waals surface area contributed by atoms with Crippen LogP contribution in [0.1, 0.15) is 22.3 Å². The SMILES string of the molecule is COCCCNC(=O)c1cc(Br)cc(S(N)(=O)=O)c1C. The predicted molar refractivity (Wildman–Crippen MR) is 79.1 cm³/mol. The standard InChI is InChI=1S/C12H17BrN2O4S/c1-8-10(12(16)15-4-3-5-19-2)6-9(13)7-11(8)20(14,17)18/h6-7H,3-5H2,1-2H3,(H,15,16)(H2,14,17,18). The van der Waals surface area contributed by atoms with Crippen molar-refractivity contribution in [2.45, 2.75) is 18.2 Å². The van der Waals surface area contributed by atoms with E-state index in [1.165, 1.54) is 6.07 Å². The first-order chi connectivity index (χ1) is 9.27. The number of rotatable bonds is 6. The van der Waals surface area contributed by atoms with Gasteiger partial charge in [-0.25, -0.2) is 13.6 Å². The Kier molecular flexibility index (Phi) is 6.12. The van der Waals surface area contributed by atoms with Gasteiger partial charge in [-0.3, -0.25) is 4.79 Å². The van der Waals surface area contributed by atoms with Crippen molar-refractivity contribution in [3.05, 3.63) is 27.7 Å². The quantitative estimate of drug-likeness (QED) is 0.740. The van der Waals surface area contributed by atoms with Crippen molar-refractivity contribution < 1.29 is 17.9 Å². The molecule has 0 radical (unpaired) electrons. The molecule has 1 aromatic carbocycles. The Bertz CT molecular complexity index is 602. The molecule has 0 aliphatic rings. The summed E-state index contributed by atoms with van der Waals surface area (Å²) in [5, 5.41) is 7.84. The molecule has 6 nitrogen and oxygen atoms in total. The van der Waals surface area contributed by atoms with Crippen LogP contribution in [0.2, 0.25) is 0 Å². The minimum atomic E-state index is -3.87. The minimum absolute atomic E-state index is 0.0612. The van der Waals surface area contributed by atoms with Gasteiger partial charge in [0.05, 0.1) is 4.90 Å². The maximum absolute atomic E-state index is 12.1. The maximum atomic E-state index is 12.1. The monoisotopic (exact) mass is 364 g/mol. The van der Waals surface area contributed by atoms with Crippen molar-refractivity contribution in [1.29, 1.82) is 0 Å². The van der Waals surface area contributed by atoms with E-state index in [4.69, 9.17) is 9.88 Å². The summed E-state index contributed by atoms with van der Waals surface area (Å²) in [5.41, 5.74) is 0.612. The van der Waals surface area contributed by atoms with Crippen LogP contribution in [0.3, 0.4) is 0 Å². The molecule has 8 heteroatoms. The number of halogens is 1. The van der Waals surface area contributed by atoms with Crippen LogP contribution in [0.5, 0.6) is 0 Å². The van der Waals surface area contributed by atoms with Gasteiger partial charge >= 0.3 is 0 Å². The van der Waals surface area contributed by atoms with E-state index in [1.807, 2.05) is 0 Å². The van der Waals surface area contributed by atoms with Crippen LogP contribution in [-0.2, 0) is 14.8 Å². The van der Waals surface area contributed by atoms with Crippen LogP contribution in [0.25, 0.3) is 0 Å². The molecule has 0 unspecified atom stereocenters. The molecule has 0 saturated heterocycles. The molecule has 0 bridgehead atoms. The van der Waals surface area contributed by atoms with Gasteiger partial charge in [0, 0.05) is 30.3 Å². The third-order valence-electron chi connectivity index (χ3n) is 2.69. The molecule has 0 heterocycles. The Hall–Kier alpha value is -0.960. The summed E-state index contributed by atoms with van der Waals surface area (Å²) >= 11 is 3.18. The molecular weight excluding hydrogens is 348 g/mol. The molecule has 1 aromatic rings. The highest BCUT2D eigenvalue weighted by Crippen LogP contribution is 2.23. The average Bonchev–Trinajstić information content (AvgIpc) is 2.35. The fourth-order valence-corrected chi connectivity index (χ4v) is 3.14. The van der Waals surface area contributed by atoms with Gasteiger partial charge in [0.25, 0.3) is 5.91 Å². The molecule has 0 atom stereocenters. The lowest BCUT2D eigenvalue weighted by Gasteiger charge is -2.11. The molecule has 1 rings (SSSR count). The normalized spacial score (nSPS) is 11.4. The van der Waals surface area contributed by atoms with Crippen LogP contribution in [-0.4, -0.2) is 34.6 Å². The number of sulfonamides is 1. The van der Waals surface area contributed by atoms with E-state index in [2.05, 4.69) is 21.2 Å². The second-order valence-corrected chi connectivity index (χ2v) is 6.67.